The van der Waals surface area contributed by atoms with Gasteiger partial charge in [0.05, 0.1) is 6.61 Å². The van der Waals surface area contributed by atoms with Crippen molar-refractivity contribution in [3.05, 3.63) is 28.7 Å². The van der Waals surface area contributed by atoms with Crippen LogP contribution in [0.4, 0.5) is 0 Å². The summed E-state index contributed by atoms with van der Waals surface area (Å²) < 4.78 is 6.67. The number of carbonyl (C=O) groups excluding carboxylic acids is 1. The molecule has 118 valence electrons. The number of hydrogen-bond donors (Lipinski definition) is 1. The molecule has 1 rings (SSSR count). The summed E-state index contributed by atoms with van der Waals surface area (Å²) in [5, 5.41) is 9.19. The second kappa shape index (κ2) is 9.05. The summed E-state index contributed by atoms with van der Waals surface area (Å²) in [6.07, 6.45) is 1.17. The number of aliphatic hydroxyl groups is 1. The molecule has 1 atom stereocenters. The minimum Gasteiger partial charge on any atom is -0.481 e. The van der Waals surface area contributed by atoms with Gasteiger partial charge >= 0.3 is 0 Å². The van der Waals surface area contributed by atoms with E-state index in [-0.39, 0.29) is 18.6 Å². The lowest BCUT2D eigenvalue weighted by molar-refractivity contribution is -0.141. The van der Waals surface area contributed by atoms with Crippen molar-refractivity contribution in [1.82, 2.24) is 4.90 Å². The smallest absolute Gasteiger partial charge is 0.263 e. The highest BCUT2D eigenvalue weighted by molar-refractivity contribution is 9.10. The summed E-state index contributed by atoms with van der Waals surface area (Å²) in [6, 6.07) is 7.53. The number of carbonyl (C=O) groups is 1. The molecule has 1 aromatic carbocycles. The van der Waals surface area contributed by atoms with Gasteiger partial charge in [-0.25, -0.2) is 0 Å². The SMILES string of the molecule is CCC(CC)N(CCO)C(=O)C(C)Oc1ccc(Br)cc1. The third-order valence-electron chi connectivity index (χ3n) is 3.48. The first kappa shape index (κ1) is 18.0. The van der Waals surface area contributed by atoms with Gasteiger partial charge in [-0.15, -0.1) is 0 Å². The summed E-state index contributed by atoms with van der Waals surface area (Å²) in [6.45, 7) is 6.15. The third kappa shape index (κ3) is 5.32. The van der Waals surface area contributed by atoms with Gasteiger partial charge < -0.3 is 14.7 Å². The quantitative estimate of drug-likeness (QED) is 0.776. The summed E-state index contributed by atoms with van der Waals surface area (Å²) in [4.78, 5) is 14.3. The van der Waals surface area contributed by atoms with Gasteiger partial charge in [-0.1, -0.05) is 29.8 Å². The lowest BCUT2D eigenvalue weighted by atomic mass is 10.1. The van der Waals surface area contributed by atoms with Crippen molar-refractivity contribution in [3.63, 3.8) is 0 Å². The van der Waals surface area contributed by atoms with Crippen LogP contribution in [-0.2, 0) is 4.79 Å². The van der Waals surface area contributed by atoms with Crippen LogP contribution in [0.3, 0.4) is 0 Å². The van der Waals surface area contributed by atoms with Crippen LogP contribution in [-0.4, -0.2) is 41.2 Å². The number of aliphatic hydroxyl groups excluding tert-OH is 1. The maximum atomic E-state index is 12.5. The minimum atomic E-state index is -0.571. The van der Waals surface area contributed by atoms with E-state index in [0.717, 1.165) is 17.3 Å². The molecule has 0 bridgehead atoms. The zero-order chi connectivity index (χ0) is 15.8. The van der Waals surface area contributed by atoms with Crippen LogP contribution < -0.4 is 4.74 Å². The number of rotatable bonds is 8. The molecule has 5 heteroatoms. The number of ether oxygens (including phenoxy) is 1. The van der Waals surface area contributed by atoms with Crippen LogP contribution in [0, 0.1) is 0 Å². The molecule has 0 aliphatic heterocycles. The Balaban J connectivity index is 2.75. The molecule has 0 aliphatic carbocycles. The Hall–Kier alpha value is -1.07. The summed E-state index contributed by atoms with van der Waals surface area (Å²) in [7, 11) is 0. The van der Waals surface area contributed by atoms with Crippen LogP contribution in [0.1, 0.15) is 33.6 Å². The fraction of sp³-hybridized carbons (Fsp3) is 0.562. The summed E-state index contributed by atoms with van der Waals surface area (Å²) >= 11 is 3.36. The molecule has 0 spiro atoms. The Labute approximate surface area is 135 Å². The average Bonchev–Trinajstić information content (AvgIpc) is 2.49. The van der Waals surface area contributed by atoms with Crippen molar-refractivity contribution in [1.29, 1.82) is 0 Å². The van der Waals surface area contributed by atoms with E-state index in [9.17, 15) is 9.90 Å². The highest BCUT2D eigenvalue weighted by atomic mass is 79.9. The van der Waals surface area contributed by atoms with Gasteiger partial charge in [-0.05, 0) is 44.0 Å². The lowest BCUT2D eigenvalue weighted by Crippen LogP contribution is -2.47. The van der Waals surface area contributed by atoms with E-state index in [1.165, 1.54) is 0 Å². The number of amides is 1. The lowest BCUT2D eigenvalue weighted by Gasteiger charge is -2.32. The largest absolute Gasteiger partial charge is 0.481 e. The Morgan fingerprint density at radius 3 is 2.33 bits per heavy atom. The average molecular weight is 358 g/mol. The second-order valence-corrected chi connectivity index (χ2v) is 5.86. The molecule has 0 heterocycles. The molecular weight excluding hydrogens is 334 g/mol. The van der Waals surface area contributed by atoms with Crippen LogP contribution >= 0.6 is 15.9 Å². The van der Waals surface area contributed by atoms with Crippen molar-refractivity contribution in [2.45, 2.75) is 45.8 Å². The first-order valence-electron chi connectivity index (χ1n) is 7.37. The zero-order valence-electron chi connectivity index (χ0n) is 12.9. The first-order valence-corrected chi connectivity index (χ1v) is 8.16. The van der Waals surface area contributed by atoms with E-state index in [1.807, 2.05) is 38.1 Å². The first-order chi connectivity index (χ1) is 10.0. The third-order valence-corrected chi connectivity index (χ3v) is 4.01. The van der Waals surface area contributed by atoms with Gasteiger partial charge in [0, 0.05) is 17.1 Å². The predicted molar refractivity (Wildman–Crippen MR) is 87.4 cm³/mol. The second-order valence-electron chi connectivity index (χ2n) is 4.94. The molecule has 0 radical (unpaired) electrons. The highest BCUT2D eigenvalue weighted by Gasteiger charge is 2.26. The monoisotopic (exact) mass is 357 g/mol. The zero-order valence-corrected chi connectivity index (χ0v) is 14.5. The van der Waals surface area contributed by atoms with Gasteiger partial charge in [0.2, 0.25) is 0 Å². The molecule has 1 unspecified atom stereocenters. The Bertz CT molecular complexity index is 432. The maximum Gasteiger partial charge on any atom is 0.263 e. The molecule has 0 saturated carbocycles. The number of hydrogen-bond acceptors (Lipinski definition) is 3. The molecule has 4 nitrogen and oxygen atoms in total. The van der Waals surface area contributed by atoms with Crippen LogP contribution in [0.2, 0.25) is 0 Å². The van der Waals surface area contributed by atoms with Crippen molar-refractivity contribution >= 4 is 21.8 Å². The molecule has 0 fully saturated rings. The highest BCUT2D eigenvalue weighted by Crippen LogP contribution is 2.19. The fourth-order valence-corrected chi connectivity index (χ4v) is 2.58. The maximum absolute atomic E-state index is 12.5. The predicted octanol–water partition coefficient (Wildman–Crippen LogP) is 3.23. The molecule has 0 aromatic heterocycles. The Morgan fingerprint density at radius 1 is 1.29 bits per heavy atom. The number of nitrogens with zero attached hydrogens (tertiary/aromatic N) is 1. The molecule has 21 heavy (non-hydrogen) atoms. The summed E-state index contributed by atoms with van der Waals surface area (Å²) in [5.74, 6) is 0.577. The summed E-state index contributed by atoms with van der Waals surface area (Å²) in [5.41, 5.74) is 0. The van der Waals surface area contributed by atoms with Gasteiger partial charge in [-0.2, -0.15) is 0 Å². The molecule has 1 aromatic rings. The van der Waals surface area contributed by atoms with E-state index in [4.69, 9.17) is 4.74 Å². The van der Waals surface area contributed by atoms with E-state index in [1.54, 1.807) is 11.8 Å². The van der Waals surface area contributed by atoms with Crippen molar-refractivity contribution < 1.29 is 14.6 Å². The standard InChI is InChI=1S/C16H24BrNO3/c1-4-14(5-2)18(10-11-19)16(20)12(3)21-15-8-6-13(17)7-9-15/h6-9,12,14,19H,4-5,10-11H2,1-3H3. The molecule has 0 aliphatic rings. The van der Waals surface area contributed by atoms with Crippen molar-refractivity contribution in [2.75, 3.05) is 13.2 Å². The van der Waals surface area contributed by atoms with E-state index >= 15 is 0 Å². The molecule has 0 saturated heterocycles. The van der Waals surface area contributed by atoms with Gasteiger partial charge in [0.1, 0.15) is 5.75 Å². The Morgan fingerprint density at radius 2 is 1.86 bits per heavy atom. The van der Waals surface area contributed by atoms with E-state index < -0.39 is 6.10 Å². The molecule has 1 N–H and O–H groups in total. The van der Waals surface area contributed by atoms with Gasteiger partial charge in [-0.3, -0.25) is 4.79 Å². The Kier molecular flexibility index (Phi) is 7.75. The van der Waals surface area contributed by atoms with Gasteiger partial charge in [0.25, 0.3) is 5.91 Å². The van der Waals surface area contributed by atoms with Crippen LogP contribution in [0.25, 0.3) is 0 Å². The minimum absolute atomic E-state index is 0.0345. The number of benzene rings is 1. The molecule has 1 amide bonds. The molecular formula is C16H24BrNO3. The normalized spacial score (nSPS) is 12.3. The van der Waals surface area contributed by atoms with Crippen molar-refractivity contribution in [2.24, 2.45) is 0 Å². The number of halogens is 1. The van der Waals surface area contributed by atoms with Crippen LogP contribution in [0.15, 0.2) is 28.7 Å². The van der Waals surface area contributed by atoms with E-state index in [2.05, 4.69) is 15.9 Å². The van der Waals surface area contributed by atoms with Gasteiger partial charge in [0.15, 0.2) is 6.10 Å². The fourth-order valence-electron chi connectivity index (χ4n) is 2.31. The van der Waals surface area contributed by atoms with Crippen LogP contribution in [0.5, 0.6) is 5.75 Å². The topological polar surface area (TPSA) is 49.8 Å². The van der Waals surface area contributed by atoms with Crippen molar-refractivity contribution in [3.8, 4) is 5.75 Å². The van der Waals surface area contributed by atoms with E-state index in [0.29, 0.717) is 12.3 Å².